The van der Waals surface area contributed by atoms with Crippen molar-refractivity contribution >= 4 is 5.97 Å². The summed E-state index contributed by atoms with van der Waals surface area (Å²) in [6.45, 7) is 5.15. The molecule has 1 unspecified atom stereocenters. The molecule has 0 aliphatic heterocycles. The minimum Gasteiger partial charge on any atom is -0.466 e. The average molecular weight is 553 g/mol. The highest BCUT2D eigenvalue weighted by atomic mass is 16.5. The smallest absolute Gasteiger partial charge is 0.305 e. The quantitative estimate of drug-likeness (QED) is 0.0650. The molecule has 0 bridgehead atoms. The van der Waals surface area contributed by atoms with E-state index >= 15 is 0 Å². The third-order valence-electron chi connectivity index (χ3n) is 8.32. The fourth-order valence-corrected chi connectivity index (χ4v) is 5.57. The van der Waals surface area contributed by atoms with Crippen molar-refractivity contribution in [1.29, 1.82) is 0 Å². The van der Waals surface area contributed by atoms with E-state index in [2.05, 4.69) is 13.8 Å². The minimum absolute atomic E-state index is 0.0225. The monoisotopic (exact) mass is 553 g/mol. The molecule has 0 amide bonds. The van der Waals surface area contributed by atoms with Gasteiger partial charge in [0.1, 0.15) is 0 Å². The normalized spacial score (nSPS) is 12.2. The average Bonchev–Trinajstić information content (AvgIpc) is 2.93. The van der Waals surface area contributed by atoms with Crippen molar-refractivity contribution < 1.29 is 14.6 Å². The maximum absolute atomic E-state index is 11.9. The van der Waals surface area contributed by atoms with Crippen LogP contribution in [0.1, 0.15) is 213 Å². The maximum Gasteiger partial charge on any atom is 0.305 e. The molecule has 0 aromatic carbocycles. The van der Waals surface area contributed by atoms with Crippen LogP contribution in [-0.2, 0) is 9.53 Å². The number of rotatable bonds is 33. The van der Waals surface area contributed by atoms with Crippen LogP contribution in [0.2, 0.25) is 0 Å². The molecule has 0 fully saturated rings. The lowest BCUT2D eigenvalue weighted by molar-refractivity contribution is -0.143. The zero-order valence-electron chi connectivity index (χ0n) is 27.0. The van der Waals surface area contributed by atoms with Gasteiger partial charge in [-0.25, -0.2) is 0 Å². The lowest BCUT2D eigenvalue weighted by atomic mass is 10.0. The van der Waals surface area contributed by atoms with Crippen molar-refractivity contribution in [1.82, 2.24) is 0 Å². The largest absolute Gasteiger partial charge is 0.466 e. The number of carbonyl (C=O) groups is 1. The van der Waals surface area contributed by atoms with E-state index in [9.17, 15) is 9.90 Å². The van der Waals surface area contributed by atoms with E-state index in [4.69, 9.17) is 4.74 Å². The summed E-state index contributed by atoms with van der Waals surface area (Å²) in [7, 11) is 0. The predicted molar refractivity (Wildman–Crippen MR) is 171 cm³/mol. The van der Waals surface area contributed by atoms with E-state index in [-0.39, 0.29) is 12.1 Å². The number of hydrogen-bond acceptors (Lipinski definition) is 3. The van der Waals surface area contributed by atoms with E-state index in [0.717, 1.165) is 44.9 Å². The molecule has 0 aliphatic rings. The first kappa shape index (κ1) is 38.4. The Morgan fingerprint density at radius 1 is 0.462 bits per heavy atom. The number of ether oxygens (including phenoxy) is 1. The van der Waals surface area contributed by atoms with Crippen LogP contribution >= 0.6 is 0 Å². The van der Waals surface area contributed by atoms with Gasteiger partial charge in [-0.05, 0) is 25.7 Å². The van der Waals surface area contributed by atoms with Gasteiger partial charge in [-0.15, -0.1) is 0 Å². The van der Waals surface area contributed by atoms with Crippen molar-refractivity contribution in [2.75, 3.05) is 6.61 Å². The van der Waals surface area contributed by atoms with Gasteiger partial charge in [0, 0.05) is 6.42 Å². The highest BCUT2D eigenvalue weighted by Crippen LogP contribution is 2.16. The SMILES string of the molecule is CCCCCCCCCCCCCCCCCCOC(=O)CCCCCCC(O)CCCCCCCCCC. The van der Waals surface area contributed by atoms with Gasteiger partial charge in [0.2, 0.25) is 0 Å². The zero-order valence-corrected chi connectivity index (χ0v) is 27.0. The van der Waals surface area contributed by atoms with Crippen molar-refractivity contribution in [3.8, 4) is 0 Å². The van der Waals surface area contributed by atoms with Gasteiger partial charge in [-0.1, -0.05) is 181 Å². The van der Waals surface area contributed by atoms with E-state index in [1.807, 2.05) is 0 Å². The molecule has 0 saturated carbocycles. The summed E-state index contributed by atoms with van der Waals surface area (Å²) in [5.41, 5.74) is 0. The van der Waals surface area contributed by atoms with Gasteiger partial charge in [-0.3, -0.25) is 4.79 Å². The molecule has 0 radical (unpaired) electrons. The number of carbonyl (C=O) groups excluding carboxylic acids is 1. The molecule has 0 saturated heterocycles. The highest BCUT2D eigenvalue weighted by Gasteiger charge is 2.05. The van der Waals surface area contributed by atoms with E-state index in [0.29, 0.717) is 13.0 Å². The first-order chi connectivity index (χ1) is 19.2. The second kappa shape index (κ2) is 33.6. The van der Waals surface area contributed by atoms with Crippen LogP contribution in [0.4, 0.5) is 0 Å². The fourth-order valence-electron chi connectivity index (χ4n) is 5.57. The molecule has 3 nitrogen and oxygen atoms in total. The molecule has 0 aromatic rings. The Kier molecular flexibility index (Phi) is 33.1. The Balaban J connectivity index is 3.23. The molecule has 0 rings (SSSR count). The molecular weight excluding hydrogens is 480 g/mol. The Labute approximate surface area is 246 Å². The van der Waals surface area contributed by atoms with Gasteiger partial charge < -0.3 is 9.84 Å². The predicted octanol–water partition coefficient (Wildman–Crippen LogP) is 12.0. The number of unbranched alkanes of at least 4 members (excludes halogenated alkanes) is 25. The molecule has 3 heteroatoms. The summed E-state index contributed by atoms with van der Waals surface area (Å²) < 4.78 is 5.42. The number of aliphatic hydroxyl groups is 1. The van der Waals surface area contributed by atoms with Crippen LogP contribution < -0.4 is 0 Å². The Morgan fingerprint density at radius 3 is 1.15 bits per heavy atom. The van der Waals surface area contributed by atoms with Crippen molar-refractivity contribution in [3.63, 3.8) is 0 Å². The summed E-state index contributed by atoms with van der Waals surface area (Å²) in [6, 6.07) is 0. The summed E-state index contributed by atoms with van der Waals surface area (Å²) in [6.07, 6.45) is 38.9. The van der Waals surface area contributed by atoms with Crippen LogP contribution in [0.15, 0.2) is 0 Å². The van der Waals surface area contributed by atoms with Gasteiger partial charge in [0.25, 0.3) is 0 Å². The first-order valence-corrected chi connectivity index (χ1v) is 18.0. The second-order valence-corrected chi connectivity index (χ2v) is 12.4. The number of hydrogen-bond donors (Lipinski definition) is 1. The third-order valence-corrected chi connectivity index (χ3v) is 8.32. The van der Waals surface area contributed by atoms with E-state index in [1.54, 1.807) is 0 Å². The lowest BCUT2D eigenvalue weighted by Gasteiger charge is -2.10. The molecule has 234 valence electrons. The fraction of sp³-hybridized carbons (Fsp3) is 0.972. The highest BCUT2D eigenvalue weighted by molar-refractivity contribution is 5.69. The number of esters is 1. The molecule has 1 atom stereocenters. The Hall–Kier alpha value is -0.570. The molecule has 39 heavy (non-hydrogen) atoms. The summed E-state index contributed by atoms with van der Waals surface area (Å²) in [5.74, 6) is -0.0225. The van der Waals surface area contributed by atoms with Gasteiger partial charge in [0.05, 0.1) is 12.7 Å². The second-order valence-electron chi connectivity index (χ2n) is 12.4. The first-order valence-electron chi connectivity index (χ1n) is 18.0. The number of aliphatic hydroxyl groups excluding tert-OH is 1. The Bertz CT molecular complexity index is 464. The molecule has 0 spiro atoms. The lowest BCUT2D eigenvalue weighted by Crippen LogP contribution is -2.07. The van der Waals surface area contributed by atoms with Gasteiger partial charge in [0.15, 0.2) is 0 Å². The summed E-state index contributed by atoms with van der Waals surface area (Å²) in [4.78, 5) is 11.9. The summed E-state index contributed by atoms with van der Waals surface area (Å²) >= 11 is 0. The molecule has 0 heterocycles. The van der Waals surface area contributed by atoms with Crippen LogP contribution in [0.25, 0.3) is 0 Å². The van der Waals surface area contributed by atoms with Gasteiger partial charge in [-0.2, -0.15) is 0 Å². The van der Waals surface area contributed by atoms with Crippen LogP contribution in [0.5, 0.6) is 0 Å². The zero-order chi connectivity index (χ0) is 28.5. The molecular formula is C36H72O3. The summed E-state index contributed by atoms with van der Waals surface area (Å²) in [5, 5.41) is 10.2. The maximum atomic E-state index is 11.9. The molecule has 0 aromatic heterocycles. The van der Waals surface area contributed by atoms with Gasteiger partial charge >= 0.3 is 5.97 Å². The van der Waals surface area contributed by atoms with Crippen molar-refractivity contribution in [2.45, 2.75) is 219 Å². The minimum atomic E-state index is -0.130. The van der Waals surface area contributed by atoms with Crippen molar-refractivity contribution in [2.24, 2.45) is 0 Å². The van der Waals surface area contributed by atoms with Crippen LogP contribution in [0.3, 0.4) is 0 Å². The topological polar surface area (TPSA) is 46.5 Å². The van der Waals surface area contributed by atoms with Crippen LogP contribution in [0, 0.1) is 0 Å². The third kappa shape index (κ3) is 33.5. The van der Waals surface area contributed by atoms with E-state index < -0.39 is 0 Å². The molecule has 1 N–H and O–H groups in total. The van der Waals surface area contributed by atoms with Crippen LogP contribution in [-0.4, -0.2) is 23.8 Å². The Morgan fingerprint density at radius 2 is 0.769 bits per heavy atom. The van der Waals surface area contributed by atoms with E-state index in [1.165, 1.54) is 148 Å². The molecule has 0 aliphatic carbocycles. The standard InChI is InChI=1S/C36H72O3/c1-3-5-7-9-11-13-14-15-16-17-18-19-20-22-26-30-34-39-36(38)33-29-25-24-28-32-35(37)31-27-23-21-12-10-8-6-4-2/h35,37H,3-34H2,1-2H3. The van der Waals surface area contributed by atoms with Crippen molar-refractivity contribution in [3.05, 3.63) is 0 Å².